The molecule has 0 aromatic heterocycles. The minimum absolute atomic E-state index is 0.513. The maximum absolute atomic E-state index is 3.94. The van der Waals surface area contributed by atoms with Gasteiger partial charge in [0.25, 0.3) is 0 Å². The summed E-state index contributed by atoms with van der Waals surface area (Å²) >= 11 is 0. The quantitative estimate of drug-likeness (QED) is 0.719. The normalized spacial score (nSPS) is 22.8. The summed E-state index contributed by atoms with van der Waals surface area (Å²) in [5.41, 5.74) is 2.85. The third-order valence-electron chi connectivity index (χ3n) is 4.22. The molecule has 1 fully saturated rings. The minimum Gasteiger partial charge on any atom is -0.286 e. The Kier molecular flexibility index (Phi) is 3.98. The summed E-state index contributed by atoms with van der Waals surface area (Å²) in [7, 11) is 0. The Morgan fingerprint density at radius 1 is 0.850 bits per heavy atom. The fourth-order valence-corrected chi connectivity index (χ4v) is 3.33. The van der Waals surface area contributed by atoms with Gasteiger partial charge in [-0.15, -0.1) is 6.58 Å². The molecule has 20 heavy (non-hydrogen) atoms. The van der Waals surface area contributed by atoms with Crippen molar-refractivity contribution in [3.8, 4) is 0 Å². The highest BCUT2D eigenvalue weighted by atomic mass is 15.2. The summed E-state index contributed by atoms with van der Waals surface area (Å²) in [6.45, 7) is 4.88. The highest BCUT2D eigenvalue weighted by molar-refractivity contribution is 5.25. The molecule has 1 heterocycles. The molecule has 0 unspecified atom stereocenters. The van der Waals surface area contributed by atoms with Crippen molar-refractivity contribution in [2.24, 2.45) is 0 Å². The fourth-order valence-electron chi connectivity index (χ4n) is 3.33. The molecule has 0 spiro atoms. The summed E-state index contributed by atoms with van der Waals surface area (Å²) in [5.74, 6) is 0. The van der Waals surface area contributed by atoms with Crippen LogP contribution in [0.1, 0.15) is 36.1 Å². The summed E-state index contributed by atoms with van der Waals surface area (Å²) < 4.78 is 0. The summed E-state index contributed by atoms with van der Waals surface area (Å²) in [6.07, 6.45) is 4.46. The number of rotatable bonds is 4. The topological polar surface area (TPSA) is 3.24 Å². The highest BCUT2D eigenvalue weighted by Crippen LogP contribution is 2.43. The van der Waals surface area contributed by atoms with Crippen LogP contribution in [0.4, 0.5) is 0 Å². The van der Waals surface area contributed by atoms with Crippen LogP contribution in [0.5, 0.6) is 0 Å². The monoisotopic (exact) mass is 263 g/mol. The fraction of sp³-hybridized carbons (Fsp3) is 0.263. The average Bonchev–Trinajstić information content (AvgIpc) is 2.93. The van der Waals surface area contributed by atoms with Gasteiger partial charge >= 0.3 is 0 Å². The van der Waals surface area contributed by atoms with Gasteiger partial charge in [-0.2, -0.15) is 0 Å². The first-order valence-electron chi connectivity index (χ1n) is 7.36. The van der Waals surface area contributed by atoms with Crippen molar-refractivity contribution in [2.45, 2.75) is 24.9 Å². The van der Waals surface area contributed by atoms with Crippen LogP contribution in [0.3, 0.4) is 0 Å². The van der Waals surface area contributed by atoms with E-state index in [1.807, 2.05) is 6.08 Å². The van der Waals surface area contributed by atoms with Gasteiger partial charge in [-0.1, -0.05) is 66.7 Å². The van der Waals surface area contributed by atoms with E-state index in [0.29, 0.717) is 12.1 Å². The van der Waals surface area contributed by atoms with Crippen LogP contribution in [0, 0.1) is 0 Å². The predicted molar refractivity (Wildman–Crippen MR) is 84.5 cm³/mol. The Bertz CT molecular complexity index is 499. The van der Waals surface area contributed by atoms with E-state index < -0.39 is 0 Å². The van der Waals surface area contributed by atoms with Gasteiger partial charge in [-0.05, 0) is 24.0 Å². The average molecular weight is 263 g/mol. The molecule has 1 aliphatic rings. The van der Waals surface area contributed by atoms with Crippen molar-refractivity contribution in [3.63, 3.8) is 0 Å². The minimum atomic E-state index is 0.513. The first-order chi connectivity index (χ1) is 9.90. The largest absolute Gasteiger partial charge is 0.286 e. The smallest absolute Gasteiger partial charge is 0.0358 e. The molecule has 1 nitrogen and oxygen atoms in total. The SMILES string of the molecule is C=CCN1[C@@H](c2ccccc2)CC[C@@H]1c1ccccc1. The molecule has 2 aromatic rings. The highest BCUT2D eigenvalue weighted by Gasteiger charge is 2.33. The van der Waals surface area contributed by atoms with Crippen molar-refractivity contribution in [1.82, 2.24) is 4.90 Å². The Morgan fingerprint density at radius 2 is 1.30 bits per heavy atom. The van der Waals surface area contributed by atoms with Crippen LogP contribution in [-0.2, 0) is 0 Å². The van der Waals surface area contributed by atoms with Crippen molar-refractivity contribution in [3.05, 3.63) is 84.4 Å². The molecular formula is C19H21N. The van der Waals surface area contributed by atoms with E-state index in [0.717, 1.165) is 6.54 Å². The maximum Gasteiger partial charge on any atom is 0.0358 e. The van der Waals surface area contributed by atoms with Gasteiger partial charge in [0.15, 0.2) is 0 Å². The van der Waals surface area contributed by atoms with E-state index >= 15 is 0 Å². The van der Waals surface area contributed by atoms with E-state index in [2.05, 4.69) is 72.1 Å². The zero-order valence-corrected chi connectivity index (χ0v) is 11.8. The molecule has 0 N–H and O–H groups in total. The van der Waals surface area contributed by atoms with Crippen LogP contribution in [-0.4, -0.2) is 11.4 Å². The van der Waals surface area contributed by atoms with Crippen LogP contribution in [0.25, 0.3) is 0 Å². The predicted octanol–water partition coefficient (Wildman–Crippen LogP) is 4.75. The molecule has 2 atom stereocenters. The molecule has 3 rings (SSSR count). The van der Waals surface area contributed by atoms with Gasteiger partial charge in [0.2, 0.25) is 0 Å². The first kappa shape index (κ1) is 13.1. The Labute approximate surface area is 121 Å². The van der Waals surface area contributed by atoms with Gasteiger partial charge in [-0.3, -0.25) is 4.90 Å². The summed E-state index contributed by atoms with van der Waals surface area (Å²) in [6, 6.07) is 22.7. The van der Waals surface area contributed by atoms with Gasteiger partial charge in [0, 0.05) is 18.6 Å². The number of hydrogen-bond acceptors (Lipinski definition) is 1. The number of hydrogen-bond donors (Lipinski definition) is 0. The summed E-state index contributed by atoms with van der Waals surface area (Å²) in [4.78, 5) is 2.58. The summed E-state index contributed by atoms with van der Waals surface area (Å²) in [5, 5.41) is 0. The van der Waals surface area contributed by atoms with Crippen molar-refractivity contribution in [2.75, 3.05) is 6.54 Å². The second kappa shape index (κ2) is 6.06. The Hall–Kier alpha value is -1.86. The van der Waals surface area contributed by atoms with Gasteiger partial charge < -0.3 is 0 Å². The molecule has 0 bridgehead atoms. The molecule has 0 radical (unpaired) electrons. The molecule has 0 saturated carbocycles. The lowest BCUT2D eigenvalue weighted by Gasteiger charge is -2.29. The third-order valence-corrected chi connectivity index (χ3v) is 4.22. The molecule has 1 saturated heterocycles. The molecule has 2 aromatic carbocycles. The van der Waals surface area contributed by atoms with E-state index in [4.69, 9.17) is 0 Å². The van der Waals surface area contributed by atoms with Crippen molar-refractivity contribution < 1.29 is 0 Å². The molecule has 102 valence electrons. The number of nitrogens with zero attached hydrogens (tertiary/aromatic N) is 1. The van der Waals surface area contributed by atoms with Gasteiger partial charge in [0.05, 0.1) is 0 Å². The van der Waals surface area contributed by atoms with E-state index in [-0.39, 0.29) is 0 Å². The van der Waals surface area contributed by atoms with Crippen molar-refractivity contribution >= 4 is 0 Å². The standard InChI is InChI=1S/C19H21N/c1-2-15-20-18(16-9-5-3-6-10-16)13-14-19(20)17-11-7-4-8-12-17/h2-12,18-19H,1,13-15H2/t18-,19-/m1/s1. The Balaban J connectivity index is 1.89. The first-order valence-corrected chi connectivity index (χ1v) is 7.36. The zero-order valence-electron chi connectivity index (χ0n) is 11.8. The molecule has 0 aliphatic carbocycles. The van der Waals surface area contributed by atoms with Crippen LogP contribution in [0.2, 0.25) is 0 Å². The van der Waals surface area contributed by atoms with E-state index in [9.17, 15) is 0 Å². The van der Waals surface area contributed by atoms with Crippen molar-refractivity contribution in [1.29, 1.82) is 0 Å². The molecule has 1 aliphatic heterocycles. The van der Waals surface area contributed by atoms with Gasteiger partial charge in [0.1, 0.15) is 0 Å². The van der Waals surface area contributed by atoms with Crippen LogP contribution in [0.15, 0.2) is 73.3 Å². The second-order valence-electron chi connectivity index (χ2n) is 5.42. The number of benzene rings is 2. The lowest BCUT2D eigenvalue weighted by atomic mass is 10.0. The molecule has 0 amide bonds. The third kappa shape index (κ3) is 2.54. The van der Waals surface area contributed by atoms with E-state index in [1.165, 1.54) is 24.0 Å². The van der Waals surface area contributed by atoms with Gasteiger partial charge in [-0.25, -0.2) is 0 Å². The second-order valence-corrected chi connectivity index (χ2v) is 5.42. The van der Waals surface area contributed by atoms with E-state index in [1.54, 1.807) is 0 Å². The molecular weight excluding hydrogens is 242 g/mol. The van der Waals surface area contributed by atoms with Crippen LogP contribution >= 0.6 is 0 Å². The number of likely N-dealkylation sites (tertiary alicyclic amines) is 1. The maximum atomic E-state index is 3.94. The Morgan fingerprint density at radius 3 is 1.70 bits per heavy atom. The lowest BCUT2D eigenvalue weighted by molar-refractivity contribution is 0.218. The lowest BCUT2D eigenvalue weighted by Crippen LogP contribution is -2.26. The molecule has 1 heteroatoms. The van der Waals surface area contributed by atoms with Crippen LogP contribution < -0.4 is 0 Å². The zero-order chi connectivity index (χ0) is 13.8.